The van der Waals surface area contributed by atoms with E-state index in [1.165, 1.54) is 0 Å². The third kappa shape index (κ3) is 1.88. The molecule has 2 rings (SSSR count). The Hall–Kier alpha value is -0.610. The molecule has 86 valence electrons. The van der Waals surface area contributed by atoms with Gasteiger partial charge in [-0.15, -0.1) is 0 Å². The molecule has 0 aromatic heterocycles. The second-order valence-corrected chi connectivity index (χ2v) is 5.10. The number of amides is 1. The molecule has 2 aliphatic heterocycles. The van der Waals surface area contributed by atoms with Crippen LogP contribution in [0.5, 0.6) is 0 Å². The van der Waals surface area contributed by atoms with E-state index >= 15 is 0 Å². The SMILES string of the molecule is CC(C)C1(C)CC(=O)N(C2CCNC2)O1. The van der Waals surface area contributed by atoms with Crippen molar-refractivity contribution in [3.8, 4) is 0 Å². The number of nitrogens with one attached hydrogen (secondary N) is 1. The minimum Gasteiger partial charge on any atom is -0.315 e. The number of nitrogens with zero attached hydrogens (tertiary/aromatic N) is 1. The zero-order valence-corrected chi connectivity index (χ0v) is 9.75. The number of hydroxylamine groups is 2. The van der Waals surface area contributed by atoms with E-state index in [1.807, 2.05) is 6.92 Å². The highest BCUT2D eigenvalue weighted by Crippen LogP contribution is 2.35. The van der Waals surface area contributed by atoms with Gasteiger partial charge in [0.05, 0.1) is 12.5 Å². The van der Waals surface area contributed by atoms with Crippen LogP contribution >= 0.6 is 0 Å². The lowest BCUT2D eigenvalue weighted by molar-refractivity contribution is -0.219. The van der Waals surface area contributed by atoms with Gasteiger partial charge in [-0.3, -0.25) is 9.63 Å². The summed E-state index contributed by atoms with van der Waals surface area (Å²) in [5, 5.41) is 4.86. The Morgan fingerprint density at radius 1 is 1.60 bits per heavy atom. The minimum atomic E-state index is -0.306. The van der Waals surface area contributed by atoms with Gasteiger partial charge in [0, 0.05) is 6.54 Å². The fraction of sp³-hybridized carbons (Fsp3) is 0.909. The van der Waals surface area contributed by atoms with Crippen molar-refractivity contribution < 1.29 is 9.63 Å². The number of carbonyl (C=O) groups is 1. The maximum Gasteiger partial charge on any atom is 0.249 e. The predicted molar refractivity (Wildman–Crippen MR) is 57.1 cm³/mol. The van der Waals surface area contributed by atoms with Crippen LogP contribution in [0.25, 0.3) is 0 Å². The Bertz CT molecular complexity index is 261. The van der Waals surface area contributed by atoms with Crippen molar-refractivity contribution in [2.45, 2.75) is 45.3 Å². The summed E-state index contributed by atoms with van der Waals surface area (Å²) < 4.78 is 0. The van der Waals surface area contributed by atoms with Crippen molar-refractivity contribution >= 4 is 5.91 Å². The van der Waals surface area contributed by atoms with Gasteiger partial charge in [-0.2, -0.15) is 0 Å². The highest BCUT2D eigenvalue weighted by atomic mass is 16.7. The molecular formula is C11H20N2O2. The molecule has 0 spiro atoms. The summed E-state index contributed by atoms with van der Waals surface area (Å²) >= 11 is 0. The average Bonchev–Trinajstić information content (AvgIpc) is 2.73. The van der Waals surface area contributed by atoms with E-state index in [1.54, 1.807) is 5.06 Å². The smallest absolute Gasteiger partial charge is 0.249 e. The molecule has 2 atom stereocenters. The summed E-state index contributed by atoms with van der Waals surface area (Å²) in [6, 6.07) is 0.234. The van der Waals surface area contributed by atoms with E-state index in [2.05, 4.69) is 19.2 Å². The summed E-state index contributed by atoms with van der Waals surface area (Å²) in [6.07, 6.45) is 1.51. The minimum absolute atomic E-state index is 0.139. The van der Waals surface area contributed by atoms with E-state index in [-0.39, 0.29) is 17.6 Å². The molecule has 15 heavy (non-hydrogen) atoms. The molecule has 4 heteroatoms. The van der Waals surface area contributed by atoms with E-state index < -0.39 is 0 Å². The van der Waals surface area contributed by atoms with Gasteiger partial charge in [-0.05, 0) is 25.8 Å². The van der Waals surface area contributed by atoms with Gasteiger partial charge in [-0.1, -0.05) is 13.8 Å². The molecule has 2 heterocycles. The number of hydrogen-bond donors (Lipinski definition) is 1. The maximum absolute atomic E-state index is 11.9. The van der Waals surface area contributed by atoms with Crippen LogP contribution < -0.4 is 5.32 Å². The predicted octanol–water partition coefficient (Wildman–Crippen LogP) is 0.927. The van der Waals surface area contributed by atoms with Crippen molar-refractivity contribution in [2.24, 2.45) is 5.92 Å². The summed E-state index contributed by atoms with van der Waals surface area (Å²) in [5.41, 5.74) is -0.306. The van der Waals surface area contributed by atoms with Crippen LogP contribution in [-0.2, 0) is 9.63 Å². The Morgan fingerprint density at radius 2 is 2.33 bits per heavy atom. The molecule has 0 saturated carbocycles. The zero-order valence-electron chi connectivity index (χ0n) is 9.75. The van der Waals surface area contributed by atoms with Crippen LogP contribution in [-0.4, -0.2) is 35.7 Å². The van der Waals surface area contributed by atoms with Gasteiger partial charge >= 0.3 is 0 Å². The van der Waals surface area contributed by atoms with Crippen LogP contribution in [0.4, 0.5) is 0 Å². The van der Waals surface area contributed by atoms with Crippen LogP contribution in [0.2, 0.25) is 0 Å². The lowest BCUT2D eigenvalue weighted by Crippen LogP contribution is -2.39. The van der Waals surface area contributed by atoms with E-state index in [9.17, 15) is 4.79 Å². The maximum atomic E-state index is 11.9. The molecule has 0 aromatic carbocycles. The van der Waals surface area contributed by atoms with Gasteiger partial charge in [0.1, 0.15) is 5.60 Å². The summed E-state index contributed by atoms with van der Waals surface area (Å²) in [5.74, 6) is 0.501. The molecule has 2 fully saturated rings. The molecule has 2 aliphatic rings. The van der Waals surface area contributed by atoms with Gasteiger partial charge in [0.15, 0.2) is 0 Å². The van der Waals surface area contributed by atoms with Crippen LogP contribution in [0.3, 0.4) is 0 Å². The van der Waals surface area contributed by atoms with Crippen molar-refractivity contribution in [3.63, 3.8) is 0 Å². The Balaban J connectivity index is 2.06. The number of hydrogen-bond acceptors (Lipinski definition) is 3. The molecule has 1 amide bonds. The number of rotatable bonds is 2. The lowest BCUT2D eigenvalue weighted by Gasteiger charge is -2.29. The number of carbonyl (C=O) groups excluding carboxylic acids is 1. The van der Waals surface area contributed by atoms with Crippen LogP contribution in [0, 0.1) is 5.92 Å². The fourth-order valence-corrected chi connectivity index (χ4v) is 2.11. The van der Waals surface area contributed by atoms with E-state index in [4.69, 9.17) is 4.84 Å². The summed E-state index contributed by atoms with van der Waals surface area (Å²) in [4.78, 5) is 17.7. The first kappa shape index (κ1) is 10.9. The van der Waals surface area contributed by atoms with Crippen LogP contribution in [0.1, 0.15) is 33.6 Å². The highest BCUT2D eigenvalue weighted by molar-refractivity contribution is 5.78. The third-order valence-corrected chi connectivity index (χ3v) is 3.64. The van der Waals surface area contributed by atoms with E-state index in [0.29, 0.717) is 12.3 Å². The molecule has 2 unspecified atom stereocenters. The van der Waals surface area contributed by atoms with Gasteiger partial charge < -0.3 is 5.32 Å². The molecule has 0 bridgehead atoms. The second kappa shape index (κ2) is 3.76. The summed E-state index contributed by atoms with van der Waals surface area (Å²) in [6.45, 7) is 8.07. The molecule has 0 aliphatic carbocycles. The Kier molecular flexibility index (Phi) is 2.73. The highest BCUT2D eigenvalue weighted by Gasteiger charge is 2.46. The lowest BCUT2D eigenvalue weighted by atomic mass is 9.90. The van der Waals surface area contributed by atoms with Crippen LogP contribution in [0.15, 0.2) is 0 Å². The molecule has 1 N–H and O–H groups in total. The molecule has 0 aromatic rings. The first-order valence-electron chi connectivity index (χ1n) is 5.75. The van der Waals surface area contributed by atoms with Gasteiger partial charge in [0.25, 0.3) is 0 Å². The topological polar surface area (TPSA) is 41.6 Å². The molecule has 0 radical (unpaired) electrons. The van der Waals surface area contributed by atoms with Crippen molar-refractivity contribution in [1.29, 1.82) is 0 Å². The molecule has 2 saturated heterocycles. The monoisotopic (exact) mass is 212 g/mol. The molecular weight excluding hydrogens is 192 g/mol. The third-order valence-electron chi connectivity index (χ3n) is 3.64. The second-order valence-electron chi connectivity index (χ2n) is 5.10. The standard InChI is InChI=1S/C11H20N2O2/c1-8(2)11(3)6-10(14)13(15-11)9-4-5-12-7-9/h8-9,12H,4-7H2,1-3H3. The summed E-state index contributed by atoms with van der Waals surface area (Å²) in [7, 11) is 0. The van der Waals surface area contributed by atoms with Crippen molar-refractivity contribution in [1.82, 2.24) is 10.4 Å². The normalized spacial score (nSPS) is 36.9. The first-order valence-corrected chi connectivity index (χ1v) is 5.75. The van der Waals surface area contributed by atoms with Gasteiger partial charge in [-0.25, -0.2) is 5.06 Å². The Labute approximate surface area is 90.9 Å². The fourth-order valence-electron chi connectivity index (χ4n) is 2.11. The molecule has 4 nitrogen and oxygen atoms in total. The first-order chi connectivity index (χ1) is 7.03. The quantitative estimate of drug-likeness (QED) is 0.740. The van der Waals surface area contributed by atoms with E-state index in [0.717, 1.165) is 19.5 Å². The van der Waals surface area contributed by atoms with Gasteiger partial charge in [0.2, 0.25) is 5.91 Å². The average molecular weight is 212 g/mol. The van der Waals surface area contributed by atoms with Crippen molar-refractivity contribution in [3.05, 3.63) is 0 Å². The largest absolute Gasteiger partial charge is 0.315 e. The van der Waals surface area contributed by atoms with Crippen molar-refractivity contribution in [2.75, 3.05) is 13.1 Å². The Morgan fingerprint density at radius 3 is 2.80 bits per heavy atom. The zero-order chi connectivity index (χ0) is 11.1.